The molecule has 2 amide bonds. The predicted octanol–water partition coefficient (Wildman–Crippen LogP) is 1.69. The van der Waals surface area contributed by atoms with Crippen molar-refractivity contribution in [1.29, 1.82) is 0 Å². The Labute approximate surface area is 145 Å². The maximum Gasteiger partial charge on any atom is 0.414 e. The standard InChI is InChI=1S/C17H22FN3O4/c1-11(22)19-8-13-9-21(17(23)25-13)12-4-5-14(15(18)7-12)16-3-2-6-24-10-20-16/h4-5,7,13,16,20H,2-3,6,8-10H2,1H3,(H,19,22). The molecule has 2 fully saturated rings. The highest BCUT2D eigenvalue weighted by Gasteiger charge is 2.33. The molecule has 0 saturated carbocycles. The minimum absolute atomic E-state index is 0.102. The number of benzene rings is 1. The summed E-state index contributed by atoms with van der Waals surface area (Å²) in [7, 11) is 0. The fourth-order valence-electron chi connectivity index (χ4n) is 3.05. The molecule has 3 rings (SSSR count). The van der Waals surface area contributed by atoms with Gasteiger partial charge in [0.15, 0.2) is 0 Å². The number of carbonyl (C=O) groups excluding carboxylic acids is 2. The molecule has 8 heteroatoms. The molecular formula is C17H22FN3O4. The Kier molecular flexibility index (Phi) is 5.50. The first-order valence-corrected chi connectivity index (χ1v) is 8.38. The molecule has 1 aromatic rings. The van der Waals surface area contributed by atoms with Crippen LogP contribution in [0.5, 0.6) is 0 Å². The van der Waals surface area contributed by atoms with Gasteiger partial charge in [-0.15, -0.1) is 0 Å². The molecule has 2 saturated heterocycles. The van der Waals surface area contributed by atoms with E-state index in [2.05, 4.69) is 10.6 Å². The fraction of sp³-hybridized carbons (Fsp3) is 0.529. The van der Waals surface area contributed by atoms with Crippen LogP contribution in [0, 0.1) is 5.82 Å². The molecule has 2 unspecified atom stereocenters. The van der Waals surface area contributed by atoms with E-state index in [1.807, 2.05) is 0 Å². The van der Waals surface area contributed by atoms with Crippen LogP contribution in [-0.2, 0) is 14.3 Å². The quantitative estimate of drug-likeness (QED) is 0.863. The molecule has 25 heavy (non-hydrogen) atoms. The number of anilines is 1. The van der Waals surface area contributed by atoms with Crippen LogP contribution >= 0.6 is 0 Å². The maximum absolute atomic E-state index is 14.6. The van der Waals surface area contributed by atoms with Crippen molar-refractivity contribution < 1.29 is 23.5 Å². The highest BCUT2D eigenvalue weighted by Crippen LogP contribution is 2.28. The number of halogens is 1. The van der Waals surface area contributed by atoms with E-state index >= 15 is 0 Å². The van der Waals surface area contributed by atoms with Crippen molar-refractivity contribution in [2.24, 2.45) is 0 Å². The van der Waals surface area contributed by atoms with Gasteiger partial charge in [0.2, 0.25) is 5.91 Å². The number of rotatable bonds is 4. The maximum atomic E-state index is 14.6. The third-order valence-corrected chi connectivity index (χ3v) is 4.34. The number of nitrogens with zero attached hydrogens (tertiary/aromatic N) is 1. The Hall–Kier alpha value is -2.19. The van der Waals surface area contributed by atoms with Gasteiger partial charge in [-0.25, -0.2) is 9.18 Å². The van der Waals surface area contributed by atoms with Gasteiger partial charge in [0.1, 0.15) is 11.9 Å². The van der Waals surface area contributed by atoms with E-state index in [4.69, 9.17) is 9.47 Å². The summed E-state index contributed by atoms with van der Waals surface area (Å²) in [4.78, 5) is 24.4. The smallest absolute Gasteiger partial charge is 0.414 e. The number of nitrogens with one attached hydrogen (secondary N) is 2. The lowest BCUT2D eigenvalue weighted by Crippen LogP contribution is -2.33. The third-order valence-electron chi connectivity index (χ3n) is 4.34. The number of amides is 2. The molecule has 0 bridgehead atoms. The summed E-state index contributed by atoms with van der Waals surface area (Å²) in [6.45, 7) is 2.97. The zero-order valence-electron chi connectivity index (χ0n) is 14.1. The highest BCUT2D eigenvalue weighted by atomic mass is 19.1. The minimum atomic E-state index is -0.538. The average molecular weight is 351 g/mol. The number of cyclic esters (lactones) is 1. The fourth-order valence-corrected chi connectivity index (χ4v) is 3.05. The van der Waals surface area contributed by atoms with Crippen LogP contribution < -0.4 is 15.5 Å². The van der Waals surface area contributed by atoms with E-state index in [9.17, 15) is 14.0 Å². The van der Waals surface area contributed by atoms with E-state index in [0.717, 1.165) is 12.8 Å². The number of hydrogen-bond acceptors (Lipinski definition) is 5. The van der Waals surface area contributed by atoms with Crippen LogP contribution in [0.1, 0.15) is 31.4 Å². The molecule has 2 aliphatic rings. The van der Waals surface area contributed by atoms with Gasteiger partial charge in [0.05, 0.1) is 25.5 Å². The molecule has 2 N–H and O–H groups in total. The normalized spacial score (nSPS) is 23.9. The molecule has 2 aliphatic heterocycles. The van der Waals surface area contributed by atoms with Gasteiger partial charge in [-0.1, -0.05) is 6.07 Å². The van der Waals surface area contributed by atoms with Crippen molar-refractivity contribution in [3.8, 4) is 0 Å². The SMILES string of the molecule is CC(=O)NCC1CN(c2ccc(C3CCCOCN3)c(F)c2)C(=O)O1. The summed E-state index contributed by atoms with van der Waals surface area (Å²) in [5, 5.41) is 5.78. The number of carbonyl (C=O) groups is 2. The van der Waals surface area contributed by atoms with Gasteiger partial charge in [0.25, 0.3) is 0 Å². The van der Waals surface area contributed by atoms with Crippen LogP contribution in [0.15, 0.2) is 18.2 Å². The number of ether oxygens (including phenoxy) is 2. The molecule has 2 atom stereocenters. The van der Waals surface area contributed by atoms with Crippen molar-refractivity contribution >= 4 is 17.7 Å². The van der Waals surface area contributed by atoms with Gasteiger partial charge in [-0.05, 0) is 25.0 Å². The summed E-state index contributed by atoms with van der Waals surface area (Å²) in [6, 6.07) is 4.66. The van der Waals surface area contributed by atoms with Crippen LogP contribution in [0.3, 0.4) is 0 Å². The van der Waals surface area contributed by atoms with Crippen LogP contribution in [0.25, 0.3) is 0 Å². The molecule has 0 radical (unpaired) electrons. The summed E-state index contributed by atoms with van der Waals surface area (Å²) in [5.74, 6) is -0.556. The van der Waals surface area contributed by atoms with Crippen LogP contribution in [0.4, 0.5) is 14.9 Å². The summed E-state index contributed by atoms with van der Waals surface area (Å²) < 4.78 is 25.1. The van der Waals surface area contributed by atoms with E-state index in [0.29, 0.717) is 24.6 Å². The molecule has 136 valence electrons. The molecule has 0 aromatic heterocycles. The first-order chi connectivity index (χ1) is 12.0. The lowest BCUT2D eigenvalue weighted by atomic mass is 10.0. The van der Waals surface area contributed by atoms with E-state index in [-0.39, 0.29) is 30.9 Å². The topological polar surface area (TPSA) is 79.9 Å². The summed E-state index contributed by atoms with van der Waals surface area (Å²) in [6.07, 6.45) is 0.673. The second-order valence-corrected chi connectivity index (χ2v) is 6.21. The van der Waals surface area contributed by atoms with Gasteiger partial charge < -0.3 is 14.8 Å². The van der Waals surface area contributed by atoms with Gasteiger partial charge in [0, 0.05) is 25.1 Å². The minimum Gasteiger partial charge on any atom is -0.442 e. The van der Waals surface area contributed by atoms with Crippen molar-refractivity contribution in [2.75, 3.05) is 31.3 Å². The van der Waals surface area contributed by atoms with E-state index in [1.54, 1.807) is 12.1 Å². The molecule has 7 nitrogen and oxygen atoms in total. The second-order valence-electron chi connectivity index (χ2n) is 6.21. The summed E-state index contributed by atoms with van der Waals surface area (Å²) in [5.41, 5.74) is 1.01. The van der Waals surface area contributed by atoms with Crippen molar-refractivity contribution in [3.05, 3.63) is 29.6 Å². The molecule has 1 aromatic carbocycles. The summed E-state index contributed by atoms with van der Waals surface area (Å²) >= 11 is 0. The van der Waals surface area contributed by atoms with Crippen molar-refractivity contribution in [1.82, 2.24) is 10.6 Å². The zero-order chi connectivity index (χ0) is 17.8. The molecule has 2 heterocycles. The molecular weight excluding hydrogens is 329 g/mol. The van der Waals surface area contributed by atoms with Crippen molar-refractivity contribution in [3.63, 3.8) is 0 Å². The third kappa shape index (κ3) is 4.26. The predicted molar refractivity (Wildman–Crippen MR) is 88.6 cm³/mol. The first-order valence-electron chi connectivity index (χ1n) is 8.38. The second kappa shape index (κ2) is 7.79. The van der Waals surface area contributed by atoms with Crippen molar-refractivity contribution in [2.45, 2.75) is 31.9 Å². The lowest BCUT2D eigenvalue weighted by molar-refractivity contribution is -0.119. The van der Waals surface area contributed by atoms with Crippen LogP contribution in [-0.4, -0.2) is 44.5 Å². The lowest BCUT2D eigenvalue weighted by Gasteiger charge is -2.19. The Morgan fingerprint density at radius 2 is 2.32 bits per heavy atom. The van der Waals surface area contributed by atoms with Gasteiger partial charge in [-0.3, -0.25) is 15.0 Å². The van der Waals surface area contributed by atoms with E-state index in [1.165, 1.54) is 17.9 Å². The Balaban J connectivity index is 1.69. The number of hydrogen-bond donors (Lipinski definition) is 2. The largest absolute Gasteiger partial charge is 0.442 e. The monoisotopic (exact) mass is 351 g/mol. The first kappa shape index (κ1) is 17.6. The molecule has 0 spiro atoms. The van der Waals surface area contributed by atoms with Crippen LogP contribution in [0.2, 0.25) is 0 Å². The van der Waals surface area contributed by atoms with Gasteiger partial charge in [-0.2, -0.15) is 0 Å². The Morgan fingerprint density at radius 3 is 3.08 bits per heavy atom. The zero-order valence-corrected chi connectivity index (χ0v) is 14.1. The Bertz CT molecular complexity index is 647. The van der Waals surface area contributed by atoms with E-state index < -0.39 is 12.2 Å². The molecule has 0 aliphatic carbocycles. The van der Waals surface area contributed by atoms with Gasteiger partial charge >= 0.3 is 6.09 Å². The Morgan fingerprint density at radius 1 is 1.48 bits per heavy atom. The highest BCUT2D eigenvalue weighted by molar-refractivity contribution is 5.89. The average Bonchev–Trinajstić information content (AvgIpc) is 2.78.